The molecular formula is C20H22ClFN4O3S. The van der Waals surface area contributed by atoms with Crippen molar-refractivity contribution in [2.75, 3.05) is 5.32 Å². The summed E-state index contributed by atoms with van der Waals surface area (Å²) in [6, 6.07) is 5.73. The molecule has 0 radical (unpaired) electrons. The Kier molecular flexibility index (Phi) is 4.66. The van der Waals surface area contributed by atoms with Crippen LogP contribution < -0.4 is 11.1 Å². The number of hydrogen-bond acceptors (Lipinski definition) is 6. The molecule has 1 aromatic carbocycles. The Morgan fingerprint density at radius 3 is 2.73 bits per heavy atom. The number of nitrogens with one attached hydrogen (secondary N) is 1. The number of nitrogens with zero attached hydrogens (tertiary/aromatic N) is 2. The Bertz CT molecular complexity index is 1110. The average Bonchev–Trinajstić information content (AvgIpc) is 3.38. The lowest BCUT2D eigenvalue weighted by molar-refractivity contribution is 0.102. The molecule has 0 saturated heterocycles. The van der Waals surface area contributed by atoms with Crippen molar-refractivity contribution in [1.82, 2.24) is 4.98 Å². The van der Waals surface area contributed by atoms with Crippen molar-refractivity contribution >= 4 is 39.6 Å². The van der Waals surface area contributed by atoms with Crippen LogP contribution in [0.15, 0.2) is 35.5 Å². The molecule has 0 spiro atoms. The van der Waals surface area contributed by atoms with Crippen LogP contribution in [0.3, 0.4) is 0 Å². The fourth-order valence-corrected chi connectivity index (χ4v) is 6.32. The number of halogens is 2. The number of hydrogen-bond donors (Lipinski definition) is 4. The lowest BCUT2D eigenvalue weighted by Gasteiger charge is -2.50. The van der Waals surface area contributed by atoms with Gasteiger partial charge in [0.25, 0.3) is 5.91 Å². The van der Waals surface area contributed by atoms with E-state index in [4.69, 9.17) is 17.3 Å². The molecule has 1 aliphatic heterocycles. The van der Waals surface area contributed by atoms with Crippen molar-refractivity contribution in [2.24, 2.45) is 10.7 Å². The van der Waals surface area contributed by atoms with Gasteiger partial charge < -0.3 is 11.1 Å². The number of pyridine rings is 1. The number of benzene rings is 1. The van der Waals surface area contributed by atoms with Crippen LogP contribution >= 0.6 is 22.2 Å². The average molecular weight is 453 g/mol. The van der Waals surface area contributed by atoms with E-state index in [1.54, 1.807) is 26.8 Å². The van der Waals surface area contributed by atoms with Crippen LogP contribution in [0, 0.1) is 12.7 Å². The zero-order valence-corrected chi connectivity index (χ0v) is 18.2. The zero-order chi connectivity index (χ0) is 22.1. The predicted octanol–water partition coefficient (Wildman–Crippen LogP) is 4.30. The van der Waals surface area contributed by atoms with Crippen molar-refractivity contribution in [2.45, 2.75) is 42.7 Å². The monoisotopic (exact) mass is 452 g/mol. The Labute approximate surface area is 179 Å². The number of aliphatic imine (C=N–C) groups is 1. The summed E-state index contributed by atoms with van der Waals surface area (Å²) in [5.41, 5.74) is 6.21. The Hall–Kier alpha value is -2.20. The number of rotatable bonds is 3. The van der Waals surface area contributed by atoms with E-state index in [9.17, 15) is 18.3 Å². The van der Waals surface area contributed by atoms with Crippen LogP contribution in [0.25, 0.3) is 0 Å². The van der Waals surface area contributed by atoms with Gasteiger partial charge in [-0.25, -0.2) is 9.37 Å². The van der Waals surface area contributed by atoms with Gasteiger partial charge in [0.1, 0.15) is 27.6 Å². The molecule has 2 heterocycles. The highest BCUT2D eigenvalue weighted by Crippen LogP contribution is 2.75. The van der Waals surface area contributed by atoms with Crippen LogP contribution in [-0.2, 0) is 5.54 Å². The highest BCUT2D eigenvalue weighted by molar-refractivity contribution is 8.26. The second-order valence-electron chi connectivity index (χ2n) is 8.19. The number of nitrogens with two attached hydrogens (primary N) is 1. The second-order valence-corrected chi connectivity index (χ2v) is 11.4. The molecule has 2 atom stereocenters. The van der Waals surface area contributed by atoms with Gasteiger partial charge >= 0.3 is 0 Å². The standard InChI is InChI=1S/C20H22ClFN4O3S/c1-10-6-11(21)9-24-16(10)17(27)25-12-4-5-14(22)13(7-12)20-8-15(20)30(28,29)19(2,3)18(23)26-20/h4-7,9,15,28-29H,8H2,1-3H3,(H2,23,26)(H,25,27)/t15-,20-/m1/s1. The molecule has 1 fully saturated rings. The maximum absolute atomic E-state index is 14.8. The number of fused-ring (bicyclic) bond motifs is 1. The minimum atomic E-state index is -3.16. The van der Waals surface area contributed by atoms with Crippen LogP contribution in [0.5, 0.6) is 0 Å². The summed E-state index contributed by atoms with van der Waals surface area (Å²) < 4.78 is 35.2. The summed E-state index contributed by atoms with van der Waals surface area (Å²) in [5.74, 6) is -0.947. The summed E-state index contributed by atoms with van der Waals surface area (Å²) in [7, 11) is -3.16. The highest BCUT2D eigenvalue weighted by Gasteiger charge is 2.69. The molecule has 0 unspecified atom stereocenters. The molecular weight excluding hydrogens is 431 g/mol. The van der Waals surface area contributed by atoms with Crippen molar-refractivity contribution in [3.05, 3.63) is 58.1 Å². The van der Waals surface area contributed by atoms with Crippen molar-refractivity contribution < 1.29 is 18.3 Å². The Morgan fingerprint density at radius 2 is 2.07 bits per heavy atom. The third kappa shape index (κ3) is 2.99. The summed E-state index contributed by atoms with van der Waals surface area (Å²) in [5, 5.41) is 2.49. The molecule has 1 aliphatic carbocycles. The second kappa shape index (κ2) is 6.65. The smallest absolute Gasteiger partial charge is 0.274 e. The molecule has 10 heteroatoms. The quantitative estimate of drug-likeness (QED) is 0.553. The first-order chi connectivity index (χ1) is 13.9. The van der Waals surface area contributed by atoms with E-state index in [0.29, 0.717) is 16.3 Å². The highest BCUT2D eigenvalue weighted by atomic mass is 35.5. The minimum Gasteiger partial charge on any atom is -0.386 e. The fraction of sp³-hybridized carbons (Fsp3) is 0.350. The first kappa shape index (κ1) is 21.0. The molecule has 1 amide bonds. The Morgan fingerprint density at radius 1 is 1.37 bits per heavy atom. The van der Waals surface area contributed by atoms with Crippen LogP contribution in [0.4, 0.5) is 10.1 Å². The first-order valence-electron chi connectivity index (χ1n) is 9.26. The molecule has 2 aliphatic rings. The van der Waals surface area contributed by atoms with E-state index in [0.717, 1.165) is 0 Å². The van der Waals surface area contributed by atoms with Gasteiger partial charge in [0.15, 0.2) is 0 Å². The molecule has 4 rings (SSSR count). The molecule has 5 N–H and O–H groups in total. The van der Waals surface area contributed by atoms with E-state index < -0.39 is 37.9 Å². The minimum absolute atomic E-state index is 0.0751. The number of amidine groups is 1. The molecule has 0 bridgehead atoms. The van der Waals surface area contributed by atoms with E-state index in [1.165, 1.54) is 24.4 Å². The van der Waals surface area contributed by atoms with Gasteiger partial charge in [0.05, 0.1) is 10.3 Å². The maximum Gasteiger partial charge on any atom is 0.274 e. The van der Waals surface area contributed by atoms with Gasteiger partial charge in [-0.15, -0.1) is 0 Å². The first-order valence-corrected chi connectivity index (χ1v) is 11.2. The van der Waals surface area contributed by atoms with Crippen LogP contribution in [0.2, 0.25) is 5.02 Å². The summed E-state index contributed by atoms with van der Waals surface area (Å²) in [6.45, 7) is 4.96. The van der Waals surface area contributed by atoms with E-state index in [1.807, 2.05) is 0 Å². The van der Waals surface area contributed by atoms with E-state index >= 15 is 0 Å². The van der Waals surface area contributed by atoms with E-state index in [-0.39, 0.29) is 23.5 Å². The van der Waals surface area contributed by atoms with Crippen molar-refractivity contribution in [1.29, 1.82) is 0 Å². The molecule has 2 aromatic rings. The summed E-state index contributed by atoms with van der Waals surface area (Å²) in [4.78, 5) is 21.2. The topological polar surface area (TPSA) is 121 Å². The van der Waals surface area contributed by atoms with Gasteiger partial charge in [-0.05, 0) is 50.6 Å². The summed E-state index contributed by atoms with van der Waals surface area (Å²) >= 11 is 5.88. The third-order valence-electron chi connectivity index (χ3n) is 5.90. The van der Waals surface area contributed by atoms with Crippen LogP contribution in [-0.4, -0.2) is 35.8 Å². The maximum atomic E-state index is 14.8. The molecule has 1 aromatic heterocycles. The SMILES string of the molecule is Cc1cc(Cl)cnc1C(=O)Nc1ccc(F)c([C@]23C[C@H]2S(O)(O)C(C)(C)C(N)=N3)c1. The molecule has 30 heavy (non-hydrogen) atoms. The normalized spacial score (nSPS) is 26.9. The number of carbonyl (C=O) groups is 1. The van der Waals surface area contributed by atoms with Crippen molar-refractivity contribution in [3.8, 4) is 0 Å². The number of carbonyl (C=O) groups excluding carboxylic acids is 1. The number of aromatic nitrogens is 1. The third-order valence-corrected chi connectivity index (χ3v) is 9.17. The number of aryl methyl sites for hydroxylation is 1. The molecule has 1 saturated carbocycles. The van der Waals surface area contributed by atoms with Gasteiger partial charge in [-0.1, -0.05) is 11.6 Å². The Balaban J connectivity index is 1.69. The van der Waals surface area contributed by atoms with Crippen LogP contribution in [0.1, 0.15) is 41.9 Å². The number of anilines is 1. The lowest BCUT2D eigenvalue weighted by atomic mass is 10.0. The van der Waals surface area contributed by atoms with Gasteiger partial charge in [-0.3, -0.25) is 18.9 Å². The molecule has 7 nitrogen and oxygen atoms in total. The van der Waals surface area contributed by atoms with Gasteiger partial charge in [0.2, 0.25) is 0 Å². The van der Waals surface area contributed by atoms with Gasteiger partial charge in [-0.2, -0.15) is 10.6 Å². The number of amides is 1. The zero-order valence-electron chi connectivity index (χ0n) is 16.6. The largest absolute Gasteiger partial charge is 0.386 e. The fourth-order valence-electron chi connectivity index (χ4n) is 3.84. The van der Waals surface area contributed by atoms with Gasteiger partial charge in [0, 0.05) is 23.9 Å². The van der Waals surface area contributed by atoms with Crippen molar-refractivity contribution in [3.63, 3.8) is 0 Å². The molecule has 160 valence electrons. The summed E-state index contributed by atoms with van der Waals surface area (Å²) in [6.07, 6.45) is 1.64. The predicted molar refractivity (Wildman–Crippen MR) is 117 cm³/mol. The van der Waals surface area contributed by atoms with E-state index in [2.05, 4.69) is 15.3 Å². The lowest BCUT2D eigenvalue weighted by Crippen LogP contribution is -2.49.